The van der Waals surface area contributed by atoms with Gasteiger partial charge in [-0.05, 0) is 10.0 Å². The van der Waals surface area contributed by atoms with Crippen LogP contribution in [0.3, 0.4) is 0 Å². The highest BCUT2D eigenvalue weighted by molar-refractivity contribution is 9.15. The maximum atomic E-state index is 11.9. The summed E-state index contributed by atoms with van der Waals surface area (Å²) >= 11 is 2.88. The standard InChI is InChI=1S/C8H6BBrF3/c10-8(6-9(11,12)13)7-4-2-1-3-5-7/h1-6H/q-1. The molecule has 0 spiro atoms. The Morgan fingerprint density at radius 2 is 1.69 bits per heavy atom. The minimum Gasteiger partial charge on any atom is -0.445 e. The molecule has 70 valence electrons. The Bertz CT molecular complexity index is 305. The third kappa shape index (κ3) is 3.68. The zero-order valence-corrected chi connectivity index (χ0v) is 8.14. The van der Waals surface area contributed by atoms with E-state index < -0.39 is 6.98 Å². The molecule has 0 unspecified atom stereocenters. The molecule has 1 rings (SSSR count). The fourth-order valence-electron chi connectivity index (χ4n) is 0.860. The largest absolute Gasteiger partial charge is 0.503 e. The molecule has 0 radical (unpaired) electrons. The molecule has 1 aromatic carbocycles. The highest BCUT2D eigenvalue weighted by Crippen LogP contribution is 2.25. The Labute approximate surface area is 82.6 Å². The van der Waals surface area contributed by atoms with Crippen molar-refractivity contribution in [3.05, 3.63) is 41.9 Å². The minimum atomic E-state index is -4.88. The zero-order chi connectivity index (χ0) is 9.90. The molecule has 0 atom stereocenters. The number of hydrogen-bond acceptors (Lipinski definition) is 0. The molecule has 0 amide bonds. The summed E-state index contributed by atoms with van der Waals surface area (Å²) in [6.45, 7) is -4.88. The van der Waals surface area contributed by atoms with Gasteiger partial charge < -0.3 is 12.9 Å². The number of hydrogen-bond donors (Lipinski definition) is 0. The predicted octanol–water partition coefficient (Wildman–Crippen LogP) is 3.81. The topological polar surface area (TPSA) is 0 Å². The average molecular weight is 250 g/mol. The second-order valence-electron chi connectivity index (χ2n) is 2.51. The van der Waals surface area contributed by atoms with Crippen LogP contribution in [0, 0.1) is 0 Å². The van der Waals surface area contributed by atoms with Gasteiger partial charge in [-0.15, -0.1) is 5.98 Å². The van der Waals surface area contributed by atoms with E-state index in [1.807, 2.05) is 0 Å². The number of benzene rings is 1. The van der Waals surface area contributed by atoms with Crippen molar-refractivity contribution in [1.29, 1.82) is 0 Å². The fourth-order valence-corrected chi connectivity index (χ4v) is 1.42. The molecule has 0 aliphatic carbocycles. The van der Waals surface area contributed by atoms with Crippen molar-refractivity contribution >= 4 is 27.4 Å². The lowest BCUT2D eigenvalue weighted by Crippen LogP contribution is -2.10. The first-order valence-corrected chi connectivity index (χ1v) is 4.42. The van der Waals surface area contributed by atoms with Crippen LogP contribution in [-0.4, -0.2) is 6.98 Å². The van der Waals surface area contributed by atoms with Gasteiger partial charge in [0.2, 0.25) is 0 Å². The normalized spacial score (nSPS) is 13.1. The third-order valence-electron chi connectivity index (χ3n) is 1.38. The van der Waals surface area contributed by atoms with Gasteiger partial charge >= 0.3 is 6.98 Å². The van der Waals surface area contributed by atoms with Crippen LogP contribution in [0.5, 0.6) is 0 Å². The highest BCUT2D eigenvalue weighted by atomic mass is 79.9. The van der Waals surface area contributed by atoms with Gasteiger partial charge in [0.15, 0.2) is 0 Å². The summed E-state index contributed by atoms with van der Waals surface area (Å²) in [7, 11) is 0. The van der Waals surface area contributed by atoms with Crippen molar-refractivity contribution in [3.8, 4) is 0 Å². The van der Waals surface area contributed by atoms with Crippen LogP contribution in [0.4, 0.5) is 12.9 Å². The Balaban J connectivity index is 2.92. The van der Waals surface area contributed by atoms with E-state index in [-0.39, 0.29) is 10.5 Å². The molecule has 5 heteroatoms. The van der Waals surface area contributed by atoms with E-state index >= 15 is 0 Å². The van der Waals surface area contributed by atoms with Crippen LogP contribution in [0.15, 0.2) is 36.3 Å². The molecule has 0 saturated carbocycles. The molecule has 0 nitrogen and oxygen atoms in total. The van der Waals surface area contributed by atoms with E-state index in [4.69, 9.17) is 0 Å². The van der Waals surface area contributed by atoms with Crippen LogP contribution in [0.25, 0.3) is 4.48 Å². The molecule has 0 saturated heterocycles. The van der Waals surface area contributed by atoms with Crippen LogP contribution in [0.1, 0.15) is 5.56 Å². The summed E-state index contributed by atoms with van der Waals surface area (Å²) in [5, 5.41) is 0. The van der Waals surface area contributed by atoms with Crippen LogP contribution in [-0.2, 0) is 0 Å². The van der Waals surface area contributed by atoms with Gasteiger partial charge in [-0.3, -0.25) is 0 Å². The summed E-state index contributed by atoms with van der Waals surface area (Å²) in [5.41, 5.74) is 0.529. The number of halogens is 4. The van der Waals surface area contributed by atoms with Gasteiger partial charge in [-0.1, -0.05) is 46.3 Å². The van der Waals surface area contributed by atoms with Crippen LogP contribution in [0.2, 0.25) is 0 Å². The van der Waals surface area contributed by atoms with Crippen molar-refractivity contribution in [1.82, 2.24) is 0 Å². The molecule has 0 N–H and O–H groups in total. The maximum absolute atomic E-state index is 11.9. The molecule has 1 aromatic rings. The van der Waals surface area contributed by atoms with E-state index in [0.29, 0.717) is 5.56 Å². The SMILES string of the molecule is F[B-](F)(F)C=C(Br)c1ccccc1. The summed E-state index contributed by atoms with van der Waals surface area (Å²) < 4.78 is 35.9. The second-order valence-corrected chi connectivity index (χ2v) is 3.36. The predicted molar refractivity (Wildman–Crippen MR) is 52.4 cm³/mol. The fraction of sp³-hybridized carbons (Fsp3) is 0. The lowest BCUT2D eigenvalue weighted by atomic mass is 9.90. The molecule has 0 bridgehead atoms. The minimum absolute atomic E-state index is 0.0700. The maximum Gasteiger partial charge on any atom is 0.503 e. The molecule has 13 heavy (non-hydrogen) atoms. The van der Waals surface area contributed by atoms with E-state index in [9.17, 15) is 12.9 Å². The van der Waals surface area contributed by atoms with Crippen molar-refractivity contribution < 1.29 is 12.9 Å². The molecule has 0 aliphatic rings. The van der Waals surface area contributed by atoms with Crippen LogP contribution >= 0.6 is 15.9 Å². The van der Waals surface area contributed by atoms with Gasteiger partial charge in [0.05, 0.1) is 0 Å². The van der Waals surface area contributed by atoms with Gasteiger partial charge in [0, 0.05) is 0 Å². The Morgan fingerprint density at radius 3 is 2.15 bits per heavy atom. The summed E-state index contributed by atoms with van der Waals surface area (Å²) in [5.74, 6) is 0.287. The quantitative estimate of drug-likeness (QED) is 0.700. The summed E-state index contributed by atoms with van der Waals surface area (Å²) in [4.78, 5) is 0. The lowest BCUT2D eigenvalue weighted by molar-refractivity contribution is 0.499. The molecular formula is C8H6BBrF3-. The molecule has 0 aromatic heterocycles. The smallest absolute Gasteiger partial charge is 0.445 e. The van der Waals surface area contributed by atoms with Crippen molar-refractivity contribution in [2.45, 2.75) is 0 Å². The van der Waals surface area contributed by atoms with Crippen molar-refractivity contribution in [2.75, 3.05) is 0 Å². The van der Waals surface area contributed by atoms with Gasteiger partial charge in [0.1, 0.15) is 0 Å². The van der Waals surface area contributed by atoms with Crippen LogP contribution < -0.4 is 0 Å². The molecule has 0 fully saturated rings. The third-order valence-corrected chi connectivity index (χ3v) is 2.11. The summed E-state index contributed by atoms with van der Waals surface area (Å²) in [6, 6.07) is 8.36. The van der Waals surface area contributed by atoms with Gasteiger partial charge in [0.25, 0.3) is 0 Å². The van der Waals surface area contributed by atoms with E-state index in [1.54, 1.807) is 30.3 Å². The monoisotopic (exact) mass is 249 g/mol. The van der Waals surface area contributed by atoms with E-state index in [2.05, 4.69) is 15.9 Å². The zero-order valence-electron chi connectivity index (χ0n) is 6.55. The Hall–Kier alpha value is -0.705. The first-order chi connectivity index (χ1) is 5.99. The molecule has 0 heterocycles. The lowest BCUT2D eigenvalue weighted by Gasteiger charge is -2.09. The first-order valence-electron chi connectivity index (χ1n) is 3.63. The molecular weight excluding hydrogens is 244 g/mol. The number of rotatable bonds is 2. The van der Waals surface area contributed by atoms with E-state index in [0.717, 1.165) is 0 Å². The Morgan fingerprint density at radius 1 is 1.15 bits per heavy atom. The van der Waals surface area contributed by atoms with Crippen molar-refractivity contribution in [3.63, 3.8) is 0 Å². The Kier molecular flexibility index (Phi) is 3.19. The van der Waals surface area contributed by atoms with E-state index in [1.165, 1.54) is 0 Å². The van der Waals surface area contributed by atoms with Crippen molar-refractivity contribution in [2.24, 2.45) is 0 Å². The molecule has 0 aliphatic heterocycles. The first kappa shape index (κ1) is 10.4. The second kappa shape index (κ2) is 4.00. The summed E-state index contributed by atoms with van der Waals surface area (Å²) in [6.07, 6.45) is 0. The average Bonchev–Trinajstić information content (AvgIpc) is 2.03. The van der Waals surface area contributed by atoms with Gasteiger partial charge in [-0.2, -0.15) is 0 Å². The highest BCUT2D eigenvalue weighted by Gasteiger charge is 2.19. The van der Waals surface area contributed by atoms with Gasteiger partial charge in [-0.25, -0.2) is 0 Å².